The van der Waals surface area contributed by atoms with Crippen LogP contribution >= 0.6 is 0 Å². The topological polar surface area (TPSA) is 77.8 Å². The first-order valence-electron chi connectivity index (χ1n) is 9.32. The van der Waals surface area contributed by atoms with Crippen molar-refractivity contribution in [2.24, 2.45) is 0 Å². The standard InChI is InChI=1S/C24H19NO5/c1-28-20-11-12-22-17(13-20)14-21(24(27)30-22)23(26)25-18-7-9-19(10-8-18)29-15-16-5-3-2-4-6-16/h2-14H,15H2,1H3,(H,25,26). The van der Waals surface area contributed by atoms with Gasteiger partial charge in [-0.3, -0.25) is 4.79 Å². The zero-order valence-corrected chi connectivity index (χ0v) is 16.3. The number of carbonyl (C=O) groups excluding carboxylic acids is 1. The summed E-state index contributed by atoms with van der Waals surface area (Å²) >= 11 is 0. The fourth-order valence-electron chi connectivity index (χ4n) is 2.96. The summed E-state index contributed by atoms with van der Waals surface area (Å²) in [5, 5.41) is 3.31. The number of nitrogens with one attached hydrogen (secondary N) is 1. The smallest absolute Gasteiger partial charge is 0.349 e. The van der Waals surface area contributed by atoms with Crippen molar-refractivity contribution in [2.45, 2.75) is 6.61 Å². The summed E-state index contributed by atoms with van der Waals surface area (Å²) in [7, 11) is 1.54. The maximum Gasteiger partial charge on any atom is 0.349 e. The number of hydrogen-bond donors (Lipinski definition) is 1. The van der Waals surface area contributed by atoms with Crippen LogP contribution in [0, 0.1) is 0 Å². The van der Waals surface area contributed by atoms with Crippen molar-refractivity contribution in [3.63, 3.8) is 0 Å². The minimum atomic E-state index is -0.701. The van der Waals surface area contributed by atoms with Crippen molar-refractivity contribution >= 4 is 22.6 Å². The lowest BCUT2D eigenvalue weighted by Crippen LogP contribution is -2.20. The molecule has 1 N–H and O–H groups in total. The van der Waals surface area contributed by atoms with E-state index in [1.165, 1.54) is 6.07 Å². The van der Waals surface area contributed by atoms with Crippen molar-refractivity contribution in [1.82, 2.24) is 0 Å². The van der Waals surface area contributed by atoms with Crippen molar-refractivity contribution in [3.05, 3.63) is 100 Å². The highest BCUT2D eigenvalue weighted by molar-refractivity contribution is 6.05. The summed E-state index contributed by atoms with van der Waals surface area (Å²) in [5.74, 6) is 0.731. The van der Waals surface area contributed by atoms with E-state index in [-0.39, 0.29) is 5.56 Å². The summed E-state index contributed by atoms with van der Waals surface area (Å²) in [5.41, 5.74) is 1.21. The molecule has 0 saturated carbocycles. The van der Waals surface area contributed by atoms with Gasteiger partial charge in [0.25, 0.3) is 5.91 Å². The van der Waals surface area contributed by atoms with Gasteiger partial charge in [-0.15, -0.1) is 0 Å². The lowest BCUT2D eigenvalue weighted by molar-refractivity contribution is 0.102. The van der Waals surface area contributed by atoms with Gasteiger partial charge in [0, 0.05) is 11.1 Å². The van der Waals surface area contributed by atoms with Crippen molar-refractivity contribution in [2.75, 3.05) is 12.4 Å². The molecule has 4 aromatic rings. The molecule has 0 bridgehead atoms. The molecule has 1 heterocycles. The number of carbonyl (C=O) groups is 1. The zero-order chi connectivity index (χ0) is 20.9. The summed E-state index contributed by atoms with van der Waals surface area (Å²) < 4.78 is 16.2. The van der Waals surface area contributed by atoms with Gasteiger partial charge in [0.15, 0.2) is 0 Å². The van der Waals surface area contributed by atoms with Crippen LogP contribution in [0.1, 0.15) is 15.9 Å². The van der Waals surface area contributed by atoms with Crippen LogP contribution in [-0.4, -0.2) is 13.0 Å². The maximum absolute atomic E-state index is 12.6. The van der Waals surface area contributed by atoms with Gasteiger partial charge in [0.2, 0.25) is 0 Å². The van der Waals surface area contributed by atoms with Crippen LogP contribution in [0.2, 0.25) is 0 Å². The number of rotatable bonds is 6. The van der Waals surface area contributed by atoms with E-state index in [0.29, 0.717) is 34.8 Å². The van der Waals surface area contributed by atoms with E-state index in [1.807, 2.05) is 30.3 Å². The number of anilines is 1. The van der Waals surface area contributed by atoms with E-state index in [4.69, 9.17) is 13.9 Å². The quantitative estimate of drug-likeness (QED) is 0.477. The zero-order valence-electron chi connectivity index (χ0n) is 16.3. The highest BCUT2D eigenvalue weighted by Gasteiger charge is 2.14. The molecule has 1 amide bonds. The number of amides is 1. The molecule has 0 spiro atoms. The molecular weight excluding hydrogens is 382 g/mol. The Morgan fingerprint density at radius 2 is 1.67 bits per heavy atom. The third-order valence-electron chi connectivity index (χ3n) is 4.54. The molecule has 3 aromatic carbocycles. The number of methoxy groups -OCH3 is 1. The highest BCUT2D eigenvalue weighted by atomic mass is 16.5. The second-order valence-electron chi connectivity index (χ2n) is 6.60. The molecule has 0 aliphatic rings. The van der Waals surface area contributed by atoms with Crippen LogP contribution in [0.4, 0.5) is 5.69 Å². The van der Waals surface area contributed by atoms with Crippen LogP contribution in [-0.2, 0) is 6.61 Å². The van der Waals surface area contributed by atoms with E-state index in [0.717, 1.165) is 5.56 Å². The largest absolute Gasteiger partial charge is 0.497 e. The van der Waals surface area contributed by atoms with Crippen molar-refractivity contribution in [3.8, 4) is 11.5 Å². The molecule has 0 atom stereocenters. The predicted molar refractivity (Wildman–Crippen MR) is 114 cm³/mol. The first kappa shape index (κ1) is 19.3. The van der Waals surface area contributed by atoms with E-state index in [1.54, 1.807) is 49.6 Å². The van der Waals surface area contributed by atoms with Crippen LogP contribution in [0.15, 0.2) is 88.1 Å². The molecule has 0 fully saturated rings. The van der Waals surface area contributed by atoms with Gasteiger partial charge in [-0.2, -0.15) is 0 Å². The van der Waals surface area contributed by atoms with Gasteiger partial charge < -0.3 is 19.2 Å². The number of benzene rings is 3. The van der Waals surface area contributed by atoms with Gasteiger partial charge in [-0.25, -0.2) is 4.79 Å². The van der Waals surface area contributed by atoms with Gasteiger partial charge in [0.05, 0.1) is 7.11 Å². The van der Waals surface area contributed by atoms with E-state index >= 15 is 0 Å². The van der Waals surface area contributed by atoms with Crippen LogP contribution < -0.4 is 20.4 Å². The molecule has 0 radical (unpaired) electrons. The van der Waals surface area contributed by atoms with Crippen LogP contribution in [0.3, 0.4) is 0 Å². The summed E-state index contributed by atoms with van der Waals surface area (Å²) in [4.78, 5) is 24.8. The summed E-state index contributed by atoms with van der Waals surface area (Å²) in [6, 6.07) is 23.3. The predicted octanol–water partition coefficient (Wildman–Crippen LogP) is 4.63. The fraction of sp³-hybridized carbons (Fsp3) is 0.0833. The molecule has 0 aliphatic heterocycles. The van der Waals surface area contributed by atoms with E-state index < -0.39 is 11.5 Å². The maximum atomic E-state index is 12.6. The molecule has 6 nitrogen and oxygen atoms in total. The Morgan fingerprint density at radius 3 is 2.40 bits per heavy atom. The van der Waals surface area contributed by atoms with Crippen LogP contribution in [0.25, 0.3) is 11.0 Å². The average Bonchev–Trinajstić information content (AvgIpc) is 2.78. The second-order valence-corrected chi connectivity index (χ2v) is 6.60. The van der Waals surface area contributed by atoms with Gasteiger partial charge >= 0.3 is 5.63 Å². The van der Waals surface area contributed by atoms with Crippen molar-refractivity contribution < 1.29 is 18.7 Å². The SMILES string of the molecule is COc1ccc2oc(=O)c(C(=O)Nc3ccc(OCc4ccccc4)cc3)cc2c1. The number of fused-ring (bicyclic) bond motifs is 1. The molecule has 1 aromatic heterocycles. The minimum Gasteiger partial charge on any atom is -0.497 e. The molecule has 4 rings (SSSR count). The fourth-order valence-corrected chi connectivity index (χ4v) is 2.96. The summed E-state index contributed by atoms with van der Waals surface area (Å²) in [6.45, 7) is 0.453. The van der Waals surface area contributed by atoms with E-state index in [9.17, 15) is 9.59 Å². The lowest BCUT2D eigenvalue weighted by atomic mass is 10.1. The van der Waals surface area contributed by atoms with Gasteiger partial charge in [-0.1, -0.05) is 30.3 Å². The molecule has 0 aliphatic carbocycles. The number of hydrogen-bond acceptors (Lipinski definition) is 5. The Bertz CT molecular complexity index is 1230. The first-order valence-corrected chi connectivity index (χ1v) is 9.32. The first-order chi connectivity index (χ1) is 14.6. The van der Waals surface area contributed by atoms with E-state index in [2.05, 4.69) is 5.32 Å². The Morgan fingerprint density at radius 1 is 0.933 bits per heavy atom. The van der Waals surface area contributed by atoms with Crippen molar-refractivity contribution in [1.29, 1.82) is 0 Å². The Labute approximate surface area is 172 Å². The highest BCUT2D eigenvalue weighted by Crippen LogP contribution is 2.21. The van der Waals surface area contributed by atoms with Gasteiger partial charge in [-0.05, 0) is 54.1 Å². The summed E-state index contributed by atoms with van der Waals surface area (Å²) in [6.07, 6.45) is 0. The Kier molecular flexibility index (Phi) is 5.48. The lowest BCUT2D eigenvalue weighted by Gasteiger charge is -2.09. The Balaban J connectivity index is 1.47. The molecule has 150 valence electrons. The van der Waals surface area contributed by atoms with Crippen LogP contribution in [0.5, 0.6) is 11.5 Å². The third kappa shape index (κ3) is 4.33. The third-order valence-corrected chi connectivity index (χ3v) is 4.54. The molecular formula is C24H19NO5. The minimum absolute atomic E-state index is 0.0832. The monoisotopic (exact) mass is 401 g/mol. The molecule has 6 heteroatoms. The Hall–Kier alpha value is -4.06. The second kappa shape index (κ2) is 8.53. The molecule has 30 heavy (non-hydrogen) atoms. The number of ether oxygens (including phenoxy) is 2. The molecule has 0 unspecified atom stereocenters. The normalized spacial score (nSPS) is 10.6. The van der Waals surface area contributed by atoms with Gasteiger partial charge in [0.1, 0.15) is 29.3 Å². The average molecular weight is 401 g/mol. The molecule has 0 saturated heterocycles.